The second kappa shape index (κ2) is 4.72. The molecule has 0 heterocycles. The highest BCUT2D eigenvalue weighted by molar-refractivity contribution is 6.35. The zero-order valence-electron chi connectivity index (χ0n) is 9.28. The predicted molar refractivity (Wildman–Crippen MR) is 62.8 cm³/mol. The van der Waals surface area contributed by atoms with Gasteiger partial charge in [0.2, 0.25) is 0 Å². The first-order chi connectivity index (χ1) is 8.71. The number of ketones is 1. The van der Waals surface area contributed by atoms with Crippen molar-refractivity contribution in [2.24, 2.45) is 0 Å². The topological polar surface area (TPSA) is 40.1 Å². The molecule has 0 atom stereocenters. The van der Waals surface area contributed by atoms with Gasteiger partial charge in [-0.15, -0.1) is 0 Å². The number of hydrogen-bond acceptors (Lipinski definition) is 2. The molecule has 0 amide bonds. The van der Waals surface area contributed by atoms with Crippen molar-refractivity contribution in [2.45, 2.75) is 19.0 Å². The molecule has 0 N–H and O–H groups in total. The maximum atomic E-state index is 12.4. The van der Waals surface area contributed by atoms with E-state index < -0.39 is 23.3 Å². The van der Waals surface area contributed by atoms with Crippen molar-refractivity contribution in [1.82, 2.24) is 0 Å². The van der Waals surface area contributed by atoms with Crippen molar-refractivity contribution in [1.29, 1.82) is 0 Å². The first-order valence-electron chi connectivity index (χ1n) is 5.21. The van der Waals surface area contributed by atoms with E-state index in [9.17, 15) is 23.1 Å². The number of fused-ring (bicyclic) bond motifs is 1. The van der Waals surface area contributed by atoms with Gasteiger partial charge in [0.05, 0.1) is 0 Å². The van der Waals surface area contributed by atoms with E-state index in [2.05, 4.69) is 0 Å². The lowest BCUT2D eigenvalue weighted by Crippen LogP contribution is -2.29. The van der Waals surface area contributed by atoms with Gasteiger partial charge in [-0.1, -0.05) is 29.0 Å². The molecule has 102 valence electrons. The van der Waals surface area contributed by atoms with Crippen LogP contribution in [0, 0.1) is 0 Å². The Morgan fingerprint density at radius 2 is 1.84 bits per heavy atom. The molecule has 1 aliphatic rings. The van der Waals surface area contributed by atoms with Crippen LogP contribution in [0.15, 0.2) is 17.7 Å². The summed E-state index contributed by atoms with van der Waals surface area (Å²) in [5, 5.41) is 12.3. The van der Waals surface area contributed by atoms with Crippen molar-refractivity contribution < 1.29 is 23.1 Å². The van der Waals surface area contributed by atoms with Crippen molar-refractivity contribution in [3.05, 3.63) is 38.9 Å². The molecule has 1 aromatic rings. The summed E-state index contributed by atoms with van der Waals surface area (Å²) >= 11 is 11.6. The van der Waals surface area contributed by atoms with Gasteiger partial charge in [-0.2, -0.15) is 13.2 Å². The van der Waals surface area contributed by atoms with E-state index in [1.54, 1.807) is 0 Å². The fourth-order valence-corrected chi connectivity index (χ4v) is 2.56. The third kappa shape index (κ3) is 2.58. The summed E-state index contributed by atoms with van der Waals surface area (Å²) in [6.45, 7) is 0. The number of allylic oxidation sites excluding steroid dienone is 1. The molecule has 2 rings (SSSR count). The molecule has 0 unspecified atom stereocenters. The Bertz CT molecular complexity index is 591. The number of Topliss-reactive ketones (excluding diaryl/α,β-unsaturated/α-hetero) is 1. The van der Waals surface area contributed by atoms with Gasteiger partial charge in [0, 0.05) is 10.0 Å². The van der Waals surface area contributed by atoms with E-state index >= 15 is 0 Å². The summed E-state index contributed by atoms with van der Waals surface area (Å²) in [5.41, 5.74) is -0.371. The van der Waals surface area contributed by atoms with Crippen LogP contribution in [0.25, 0.3) is 5.76 Å². The first kappa shape index (κ1) is 14.2. The van der Waals surface area contributed by atoms with Crippen molar-refractivity contribution in [3.8, 4) is 0 Å². The van der Waals surface area contributed by atoms with Gasteiger partial charge in [-0.25, -0.2) is 0 Å². The fraction of sp³-hybridized carbons (Fsp3) is 0.250. The molecule has 0 saturated carbocycles. The molecule has 19 heavy (non-hydrogen) atoms. The maximum Gasteiger partial charge on any atom is 0.454 e. The van der Waals surface area contributed by atoms with Crippen molar-refractivity contribution in [2.75, 3.05) is 0 Å². The molecule has 1 aromatic carbocycles. The van der Waals surface area contributed by atoms with Crippen LogP contribution in [0.3, 0.4) is 0 Å². The molecule has 0 saturated heterocycles. The molecule has 0 aromatic heterocycles. The molecule has 0 spiro atoms. The van der Waals surface area contributed by atoms with E-state index in [1.807, 2.05) is 0 Å². The summed E-state index contributed by atoms with van der Waals surface area (Å²) in [4.78, 5) is 11.2. The minimum Gasteiger partial charge on any atom is -0.872 e. The van der Waals surface area contributed by atoms with Crippen LogP contribution >= 0.6 is 23.2 Å². The lowest BCUT2D eigenvalue weighted by Gasteiger charge is -2.27. The summed E-state index contributed by atoms with van der Waals surface area (Å²) in [5.74, 6) is -3.05. The second-order valence-corrected chi connectivity index (χ2v) is 4.89. The zero-order valence-corrected chi connectivity index (χ0v) is 10.8. The lowest BCUT2D eigenvalue weighted by atomic mass is 9.88. The number of carbonyl (C=O) groups excluding carboxylic acids is 1. The van der Waals surface area contributed by atoms with Crippen LogP contribution in [0.2, 0.25) is 10.0 Å². The van der Waals surface area contributed by atoms with Gasteiger partial charge in [0.15, 0.2) is 0 Å². The molecular formula is C12H6Cl2F3O2-. The Morgan fingerprint density at radius 1 is 1.21 bits per heavy atom. The highest BCUT2D eigenvalue weighted by atomic mass is 35.5. The Morgan fingerprint density at radius 3 is 2.42 bits per heavy atom. The lowest BCUT2D eigenvalue weighted by molar-refractivity contribution is -0.246. The zero-order chi connectivity index (χ0) is 14.4. The average Bonchev–Trinajstić information content (AvgIpc) is 2.28. The Labute approximate surface area is 116 Å². The first-order valence-corrected chi connectivity index (χ1v) is 5.97. The normalized spacial score (nSPS) is 15.4. The molecule has 2 nitrogen and oxygen atoms in total. The minimum absolute atomic E-state index is 0.0312. The van der Waals surface area contributed by atoms with Gasteiger partial charge in [-0.05, 0) is 41.7 Å². The van der Waals surface area contributed by atoms with Gasteiger partial charge >= 0.3 is 6.18 Å². The van der Waals surface area contributed by atoms with Crippen LogP contribution in [-0.2, 0) is 11.2 Å². The summed E-state index contributed by atoms with van der Waals surface area (Å²) in [6.07, 6.45) is -5.22. The third-order valence-electron chi connectivity index (χ3n) is 2.84. The van der Waals surface area contributed by atoms with Gasteiger partial charge in [0.1, 0.15) is 0 Å². The highest BCUT2D eigenvalue weighted by Crippen LogP contribution is 2.37. The van der Waals surface area contributed by atoms with Crippen LogP contribution in [0.1, 0.15) is 17.5 Å². The van der Waals surface area contributed by atoms with Crippen LogP contribution in [0.4, 0.5) is 13.2 Å². The van der Waals surface area contributed by atoms with E-state index in [-0.39, 0.29) is 28.5 Å². The quantitative estimate of drug-likeness (QED) is 0.799. The van der Waals surface area contributed by atoms with E-state index in [0.29, 0.717) is 5.56 Å². The summed E-state index contributed by atoms with van der Waals surface area (Å²) < 4.78 is 37.1. The molecule has 7 heteroatoms. The van der Waals surface area contributed by atoms with Gasteiger partial charge in [-0.3, -0.25) is 4.79 Å². The van der Waals surface area contributed by atoms with Crippen molar-refractivity contribution in [3.63, 3.8) is 0 Å². The van der Waals surface area contributed by atoms with Crippen LogP contribution < -0.4 is 5.11 Å². The Kier molecular flexibility index (Phi) is 3.53. The van der Waals surface area contributed by atoms with Gasteiger partial charge < -0.3 is 5.11 Å². The standard InChI is InChI=1S/C12H7Cl2F3O2/c13-5-3-8-6(9(14)4-5)1-2-7(10(8)18)11(19)12(15,16)17/h3-4,18H,1-2H2/p-1. The van der Waals surface area contributed by atoms with E-state index in [0.717, 1.165) is 0 Å². The molecule has 0 radical (unpaired) electrons. The van der Waals surface area contributed by atoms with E-state index in [1.165, 1.54) is 12.1 Å². The largest absolute Gasteiger partial charge is 0.872 e. The van der Waals surface area contributed by atoms with E-state index in [4.69, 9.17) is 23.2 Å². The number of carbonyl (C=O) groups is 1. The monoisotopic (exact) mass is 309 g/mol. The number of hydrogen-bond donors (Lipinski definition) is 0. The number of benzene rings is 1. The molecule has 0 aliphatic heterocycles. The molecule has 0 bridgehead atoms. The Hall–Kier alpha value is -1.20. The Balaban J connectivity index is 2.58. The predicted octanol–water partition coefficient (Wildman–Crippen LogP) is 3.14. The number of alkyl halides is 3. The highest BCUT2D eigenvalue weighted by Gasteiger charge is 2.41. The number of halogens is 5. The molecule has 0 fully saturated rings. The second-order valence-electron chi connectivity index (χ2n) is 4.05. The van der Waals surface area contributed by atoms with Crippen molar-refractivity contribution >= 4 is 34.7 Å². The molecule has 1 aliphatic carbocycles. The fourth-order valence-electron chi connectivity index (χ4n) is 1.97. The molecular weight excluding hydrogens is 304 g/mol. The summed E-state index contributed by atoms with van der Waals surface area (Å²) in [7, 11) is 0. The van der Waals surface area contributed by atoms with Crippen LogP contribution in [-0.4, -0.2) is 12.0 Å². The third-order valence-corrected chi connectivity index (χ3v) is 3.39. The SMILES string of the molecule is O=C(C1=C([O-])c2cc(Cl)cc(Cl)c2CC1)C(F)(F)F. The van der Waals surface area contributed by atoms with Crippen LogP contribution in [0.5, 0.6) is 0 Å². The maximum absolute atomic E-state index is 12.4. The minimum atomic E-state index is -5.05. The average molecular weight is 310 g/mol. The van der Waals surface area contributed by atoms with Gasteiger partial charge in [0.25, 0.3) is 5.78 Å². The smallest absolute Gasteiger partial charge is 0.454 e. The number of rotatable bonds is 1. The summed E-state index contributed by atoms with van der Waals surface area (Å²) in [6, 6.07) is 2.64.